The molecule has 0 aliphatic heterocycles. The minimum absolute atomic E-state index is 0.0303. The number of fused-ring (bicyclic) bond motifs is 2. The van der Waals surface area contributed by atoms with Crippen molar-refractivity contribution < 1.29 is 9.53 Å². The van der Waals surface area contributed by atoms with E-state index in [0.29, 0.717) is 22.3 Å². The summed E-state index contributed by atoms with van der Waals surface area (Å²) >= 11 is 0. The second-order valence-corrected chi connectivity index (χ2v) is 4.28. The first-order chi connectivity index (χ1) is 9.20. The highest BCUT2D eigenvalue weighted by Gasteiger charge is 2.13. The molecule has 0 amide bonds. The summed E-state index contributed by atoms with van der Waals surface area (Å²) < 4.78 is 5.30. The Labute approximate surface area is 110 Å². The van der Waals surface area contributed by atoms with Crippen molar-refractivity contribution in [3.63, 3.8) is 0 Å². The summed E-state index contributed by atoms with van der Waals surface area (Å²) in [5.41, 5.74) is 3.33. The van der Waals surface area contributed by atoms with Crippen LogP contribution in [-0.2, 0) is 0 Å². The van der Waals surface area contributed by atoms with E-state index in [1.165, 1.54) is 6.92 Å². The number of carbonyl (C=O) groups excluding carboxylic acids is 1. The van der Waals surface area contributed by atoms with Gasteiger partial charge >= 0.3 is 0 Å². The molecule has 0 atom stereocenters. The van der Waals surface area contributed by atoms with Gasteiger partial charge in [0.25, 0.3) is 0 Å². The van der Waals surface area contributed by atoms with Crippen molar-refractivity contribution in [2.45, 2.75) is 6.92 Å². The molecule has 0 bridgehead atoms. The number of para-hydroxylation sites is 2. The number of hydrogen-bond acceptors (Lipinski definition) is 4. The van der Waals surface area contributed by atoms with Gasteiger partial charge in [0, 0.05) is 5.56 Å². The van der Waals surface area contributed by atoms with Crippen LogP contribution in [0.3, 0.4) is 0 Å². The highest BCUT2D eigenvalue weighted by Crippen LogP contribution is 2.27. The molecule has 0 radical (unpaired) electrons. The van der Waals surface area contributed by atoms with Gasteiger partial charge in [0.15, 0.2) is 5.78 Å². The quantitative estimate of drug-likeness (QED) is 0.519. The zero-order valence-electron chi connectivity index (χ0n) is 10.7. The molecule has 3 rings (SSSR count). The summed E-state index contributed by atoms with van der Waals surface area (Å²) in [6.07, 6.45) is 0. The highest BCUT2D eigenvalue weighted by atomic mass is 16.5. The smallest absolute Gasteiger partial charge is 0.162 e. The number of benzene rings is 2. The topological polar surface area (TPSA) is 52.1 Å². The molecule has 0 saturated heterocycles. The average Bonchev–Trinajstić information content (AvgIpc) is 2.43. The number of ketones is 1. The van der Waals surface area contributed by atoms with Crippen LogP contribution in [0, 0.1) is 0 Å². The molecule has 0 fully saturated rings. The summed E-state index contributed by atoms with van der Waals surface area (Å²) in [5.74, 6) is 0.593. The van der Waals surface area contributed by atoms with Crippen LogP contribution in [0.15, 0.2) is 36.4 Å². The predicted octanol–water partition coefficient (Wildman–Crippen LogP) is 2.99. The zero-order valence-corrected chi connectivity index (χ0v) is 10.7. The van der Waals surface area contributed by atoms with Crippen molar-refractivity contribution in [1.29, 1.82) is 0 Å². The molecule has 0 N–H and O–H groups in total. The van der Waals surface area contributed by atoms with Crippen LogP contribution >= 0.6 is 0 Å². The number of ether oxygens (including phenoxy) is 1. The minimum Gasteiger partial charge on any atom is -0.494 e. The number of hydrogen-bond donors (Lipinski definition) is 0. The van der Waals surface area contributed by atoms with Gasteiger partial charge in [-0.2, -0.15) is 0 Å². The molecule has 0 spiro atoms. The molecule has 1 aromatic heterocycles. The lowest BCUT2D eigenvalue weighted by Crippen LogP contribution is -1.99. The van der Waals surface area contributed by atoms with Crippen molar-refractivity contribution in [3.8, 4) is 5.75 Å². The van der Waals surface area contributed by atoms with E-state index in [-0.39, 0.29) is 5.78 Å². The second-order valence-electron chi connectivity index (χ2n) is 4.28. The van der Waals surface area contributed by atoms with Gasteiger partial charge < -0.3 is 4.74 Å². The summed E-state index contributed by atoms with van der Waals surface area (Å²) in [4.78, 5) is 20.8. The van der Waals surface area contributed by atoms with Crippen molar-refractivity contribution in [2.75, 3.05) is 7.11 Å². The third kappa shape index (κ3) is 1.81. The normalized spacial score (nSPS) is 10.8. The molecular weight excluding hydrogens is 240 g/mol. The van der Waals surface area contributed by atoms with Gasteiger partial charge in [-0.15, -0.1) is 0 Å². The molecule has 0 aliphatic rings. The van der Waals surface area contributed by atoms with E-state index in [9.17, 15) is 4.79 Å². The molecule has 4 nitrogen and oxygen atoms in total. The van der Waals surface area contributed by atoms with Gasteiger partial charge in [0.05, 0.1) is 18.1 Å². The first kappa shape index (κ1) is 11.6. The maximum Gasteiger partial charge on any atom is 0.162 e. The summed E-state index contributed by atoms with van der Waals surface area (Å²) in [6.45, 7) is 1.53. The highest BCUT2D eigenvalue weighted by molar-refractivity contribution is 6.07. The van der Waals surface area contributed by atoms with Crippen LogP contribution in [0.25, 0.3) is 22.1 Å². The van der Waals surface area contributed by atoms with Crippen LogP contribution in [0.4, 0.5) is 0 Å². The fraction of sp³-hybridized carbons (Fsp3) is 0.133. The van der Waals surface area contributed by atoms with Crippen LogP contribution in [0.5, 0.6) is 5.75 Å². The second kappa shape index (κ2) is 4.31. The standard InChI is InChI=1S/C15H12N2O2/c1-9(18)10-7-8-13(19-2)15-14(10)16-11-5-3-4-6-12(11)17-15/h3-8H,1-2H3. The molecular formula is C15H12N2O2. The lowest BCUT2D eigenvalue weighted by molar-refractivity contribution is 0.101. The van der Waals surface area contributed by atoms with E-state index in [1.807, 2.05) is 24.3 Å². The number of rotatable bonds is 2. The van der Waals surface area contributed by atoms with E-state index in [0.717, 1.165) is 11.0 Å². The fourth-order valence-electron chi connectivity index (χ4n) is 2.13. The molecule has 94 valence electrons. The first-order valence-corrected chi connectivity index (χ1v) is 5.95. The SMILES string of the molecule is COc1ccc(C(C)=O)c2nc3ccccc3nc12. The molecule has 3 aromatic rings. The van der Waals surface area contributed by atoms with E-state index in [4.69, 9.17) is 4.74 Å². The molecule has 0 aliphatic carbocycles. The Morgan fingerprint density at radius 2 is 1.63 bits per heavy atom. The Morgan fingerprint density at radius 3 is 2.21 bits per heavy atom. The third-order valence-electron chi connectivity index (χ3n) is 3.06. The minimum atomic E-state index is -0.0303. The van der Waals surface area contributed by atoms with Crippen LogP contribution in [0.1, 0.15) is 17.3 Å². The summed E-state index contributed by atoms with van der Waals surface area (Å²) in [7, 11) is 1.58. The molecule has 19 heavy (non-hydrogen) atoms. The average molecular weight is 252 g/mol. The Bertz CT molecular complexity index is 797. The lowest BCUT2D eigenvalue weighted by Gasteiger charge is -2.08. The first-order valence-electron chi connectivity index (χ1n) is 5.95. The molecule has 4 heteroatoms. The Morgan fingerprint density at radius 1 is 1.00 bits per heavy atom. The Hall–Kier alpha value is -2.49. The van der Waals surface area contributed by atoms with Gasteiger partial charge in [0.2, 0.25) is 0 Å². The van der Waals surface area contributed by atoms with Gasteiger partial charge in [0.1, 0.15) is 16.8 Å². The maximum absolute atomic E-state index is 11.7. The number of nitrogens with zero attached hydrogens (tertiary/aromatic N) is 2. The molecule has 2 aromatic carbocycles. The fourth-order valence-corrected chi connectivity index (χ4v) is 2.13. The van der Waals surface area contributed by atoms with Crippen molar-refractivity contribution in [3.05, 3.63) is 42.0 Å². The zero-order chi connectivity index (χ0) is 13.4. The lowest BCUT2D eigenvalue weighted by atomic mass is 10.1. The Balaban J connectivity index is 2.49. The van der Waals surface area contributed by atoms with E-state index in [2.05, 4.69) is 9.97 Å². The van der Waals surface area contributed by atoms with Crippen LogP contribution in [0.2, 0.25) is 0 Å². The van der Waals surface area contributed by atoms with Gasteiger partial charge in [-0.25, -0.2) is 9.97 Å². The number of carbonyl (C=O) groups is 1. The number of methoxy groups -OCH3 is 1. The third-order valence-corrected chi connectivity index (χ3v) is 3.06. The van der Waals surface area contributed by atoms with Crippen molar-refractivity contribution in [2.24, 2.45) is 0 Å². The predicted molar refractivity (Wildman–Crippen MR) is 73.6 cm³/mol. The van der Waals surface area contributed by atoms with Gasteiger partial charge in [-0.05, 0) is 31.2 Å². The molecule has 0 saturated carbocycles. The summed E-state index contributed by atoms with van der Waals surface area (Å²) in [5, 5.41) is 0. The number of Topliss-reactive ketones (excluding diaryl/α,β-unsaturated/α-hetero) is 1. The van der Waals surface area contributed by atoms with E-state index < -0.39 is 0 Å². The van der Waals surface area contributed by atoms with Crippen LogP contribution < -0.4 is 4.74 Å². The maximum atomic E-state index is 11.7. The van der Waals surface area contributed by atoms with Gasteiger partial charge in [-0.3, -0.25) is 4.79 Å². The van der Waals surface area contributed by atoms with Crippen molar-refractivity contribution >= 4 is 27.9 Å². The van der Waals surface area contributed by atoms with E-state index >= 15 is 0 Å². The summed E-state index contributed by atoms with van der Waals surface area (Å²) in [6, 6.07) is 11.1. The molecule has 0 unspecified atom stereocenters. The van der Waals surface area contributed by atoms with Crippen molar-refractivity contribution in [1.82, 2.24) is 9.97 Å². The Kier molecular flexibility index (Phi) is 2.63. The monoisotopic (exact) mass is 252 g/mol. The van der Waals surface area contributed by atoms with Crippen LogP contribution in [-0.4, -0.2) is 22.9 Å². The number of aromatic nitrogens is 2. The largest absolute Gasteiger partial charge is 0.494 e. The van der Waals surface area contributed by atoms with Gasteiger partial charge in [-0.1, -0.05) is 12.1 Å². The molecule has 1 heterocycles. The van der Waals surface area contributed by atoms with E-state index in [1.54, 1.807) is 19.2 Å².